The zero-order chi connectivity index (χ0) is 15.5. The number of amides is 1. The van der Waals surface area contributed by atoms with Crippen molar-refractivity contribution in [2.75, 3.05) is 5.32 Å². The van der Waals surface area contributed by atoms with E-state index in [-0.39, 0.29) is 5.91 Å². The molecular formula is C17H13ClN2OS. The Morgan fingerprint density at radius 1 is 1.18 bits per heavy atom. The lowest BCUT2D eigenvalue weighted by molar-refractivity contribution is 0.102. The van der Waals surface area contributed by atoms with E-state index in [1.807, 2.05) is 31.2 Å². The Bertz CT molecular complexity index is 812. The summed E-state index contributed by atoms with van der Waals surface area (Å²) in [4.78, 5) is 16.6. The Morgan fingerprint density at radius 3 is 2.68 bits per heavy atom. The number of benzene rings is 2. The van der Waals surface area contributed by atoms with E-state index in [0.717, 1.165) is 10.6 Å². The highest BCUT2D eigenvalue weighted by Gasteiger charge is 2.12. The lowest BCUT2D eigenvalue weighted by Gasteiger charge is -2.03. The smallest absolute Gasteiger partial charge is 0.275 e. The van der Waals surface area contributed by atoms with Crippen LogP contribution in [0.4, 0.5) is 5.69 Å². The van der Waals surface area contributed by atoms with Gasteiger partial charge in [-0.25, -0.2) is 4.98 Å². The molecular weight excluding hydrogens is 316 g/mol. The molecule has 1 aromatic heterocycles. The van der Waals surface area contributed by atoms with E-state index >= 15 is 0 Å². The van der Waals surface area contributed by atoms with Crippen LogP contribution in [0.3, 0.4) is 0 Å². The van der Waals surface area contributed by atoms with Crippen molar-refractivity contribution in [3.63, 3.8) is 0 Å². The number of aryl methyl sites for hydroxylation is 1. The third kappa shape index (κ3) is 3.35. The van der Waals surface area contributed by atoms with Crippen LogP contribution in [0.1, 0.15) is 16.1 Å². The first-order chi connectivity index (χ1) is 10.6. The average Bonchev–Trinajstić information content (AvgIpc) is 2.98. The first-order valence-corrected chi connectivity index (χ1v) is 7.97. The molecule has 0 aliphatic carbocycles. The van der Waals surface area contributed by atoms with Crippen LogP contribution >= 0.6 is 22.9 Å². The Balaban J connectivity index is 1.78. The molecule has 0 bridgehead atoms. The molecule has 0 aliphatic heterocycles. The average molecular weight is 329 g/mol. The van der Waals surface area contributed by atoms with Gasteiger partial charge in [0, 0.05) is 21.7 Å². The second-order valence-electron chi connectivity index (χ2n) is 4.87. The van der Waals surface area contributed by atoms with E-state index in [9.17, 15) is 4.79 Å². The number of carbonyl (C=O) groups is 1. The molecule has 0 spiro atoms. The van der Waals surface area contributed by atoms with Crippen molar-refractivity contribution < 1.29 is 4.79 Å². The van der Waals surface area contributed by atoms with E-state index in [1.165, 1.54) is 16.9 Å². The number of nitrogens with zero attached hydrogens (tertiary/aromatic N) is 1. The molecule has 1 heterocycles. The van der Waals surface area contributed by atoms with Crippen LogP contribution in [-0.4, -0.2) is 10.9 Å². The van der Waals surface area contributed by atoms with Gasteiger partial charge in [0.05, 0.1) is 0 Å². The Hall–Kier alpha value is -2.17. The molecule has 0 unspecified atom stereocenters. The van der Waals surface area contributed by atoms with Gasteiger partial charge in [0.25, 0.3) is 5.91 Å². The van der Waals surface area contributed by atoms with E-state index in [0.29, 0.717) is 16.4 Å². The number of hydrogen-bond donors (Lipinski definition) is 1. The summed E-state index contributed by atoms with van der Waals surface area (Å²) >= 11 is 7.36. The van der Waals surface area contributed by atoms with Crippen LogP contribution < -0.4 is 5.32 Å². The molecule has 0 fully saturated rings. The van der Waals surface area contributed by atoms with Gasteiger partial charge in [-0.3, -0.25) is 4.79 Å². The van der Waals surface area contributed by atoms with Crippen molar-refractivity contribution in [3.8, 4) is 10.6 Å². The predicted octanol–water partition coefficient (Wildman–Crippen LogP) is 5.02. The van der Waals surface area contributed by atoms with Gasteiger partial charge in [-0.15, -0.1) is 11.3 Å². The first-order valence-electron chi connectivity index (χ1n) is 6.71. The third-order valence-electron chi connectivity index (χ3n) is 3.12. The quantitative estimate of drug-likeness (QED) is 0.733. The standard InChI is InChI=1S/C17H13ClN2OS/c1-11-5-7-12(8-6-11)17-20-15(10-22-17)16(21)19-14-4-2-3-13(18)9-14/h2-10H,1H3,(H,19,21). The van der Waals surface area contributed by atoms with Crippen molar-refractivity contribution in [1.29, 1.82) is 0 Å². The molecule has 0 saturated heterocycles. The number of halogens is 1. The molecule has 0 saturated carbocycles. The summed E-state index contributed by atoms with van der Waals surface area (Å²) in [5, 5.41) is 5.96. The monoisotopic (exact) mass is 328 g/mol. The topological polar surface area (TPSA) is 42.0 Å². The van der Waals surface area contributed by atoms with Crippen molar-refractivity contribution in [2.45, 2.75) is 6.92 Å². The molecule has 1 N–H and O–H groups in total. The molecule has 1 amide bonds. The zero-order valence-electron chi connectivity index (χ0n) is 11.8. The van der Waals surface area contributed by atoms with Crippen LogP contribution in [0.15, 0.2) is 53.9 Å². The molecule has 3 aromatic rings. The summed E-state index contributed by atoms with van der Waals surface area (Å²) in [6.07, 6.45) is 0. The van der Waals surface area contributed by atoms with Gasteiger partial charge in [-0.2, -0.15) is 0 Å². The fourth-order valence-electron chi connectivity index (χ4n) is 1.97. The van der Waals surface area contributed by atoms with Gasteiger partial charge >= 0.3 is 0 Å². The molecule has 3 nitrogen and oxygen atoms in total. The second-order valence-corrected chi connectivity index (χ2v) is 6.16. The van der Waals surface area contributed by atoms with Gasteiger partial charge in [0.15, 0.2) is 0 Å². The third-order valence-corrected chi connectivity index (χ3v) is 4.24. The number of aromatic nitrogens is 1. The minimum atomic E-state index is -0.239. The van der Waals surface area contributed by atoms with Crippen LogP contribution in [0.25, 0.3) is 10.6 Å². The van der Waals surface area contributed by atoms with E-state index in [2.05, 4.69) is 10.3 Å². The fourth-order valence-corrected chi connectivity index (χ4v) is 2.96. The van der Waals surface area contributed by atoms with Crippen LogP contribution in [0.5, 0.6) is 0 Å². The second kappa shape index (κ2) is 6.30. The Morgan fingerprint density at radius 2 is 1.95 bits per heavy atom. The van der Waals surface area contributed by atoms with Crippen molar-refractivity contribution >= 4 is 34.5 Å². The van der Waals surface area contributed by atoms with Crippen molar-refractivity contribution in [1.82, 2.24) is 4.98 Å². The maximum atomic E-state index is 12.2. The van der Waals surface area contributed by atoms with Gasteiger partial charge in [0.1, 0.15) is 10.7 Å². The van der Waals surface area contributed by atoms with Crippen LogP contribution in [-0.2, 0) is 0 Å². The lowest BCUT2D eigenvalue weighted by Crippen LogP contribution is -2.12. The van der Waals surface area contributed by atoms with Gasteiger partial charge in [0.2, 0.25) is 0 Å². The summed E-state index contributed by atoms with van der Waals surface area (Å²) in [5.74, 6) is -0.239. The van der Waals surface area contributed by atoms with E-state index in [4.69, 9.17) is 11.6 Å². The summed E-state index contributed by atoms with van der Waals surface area (Å²) in [6, 6.07) is 15.1. The molecule has 5 heteroatoms. The van der Waals surface area contributed by atoms with Gasteiger partial charge in [-0.05, 0) is 25.1 Å². The number of hydrogen-bond acceptors (Lipinski definition) is 3. The molecule has 0 atom stereocenters. The van der Waals surface area contributed by atoms with Crippen molar-refractivity contribution in [3.05, 3.63) is 70.2 Å². The van der Waals surface area contributed by atoms with Crippen molar-refractivity contribution in [2.24, 2.45) is 0 Å². The highest BCUT2D eigenvalue weighted by Crippen LogP contribution is 2.24. The lowest BCUT2D eigenvalue weighted by atomic mass is 10.2. The number of carbonyl (C=O) groups excluding carboxylic acids is 1. The molecule has 0 radical (unpaired) electrons. The first kappa shape index (κ1) is 14.8. The molecule has 110 valence electrons. The number of thiazole rings is 1. The Labute approximate surface area is 137 Å². The summed E-state index contributed by atoms with van der Waals surface area (Å²) < 4.78 is 0. The maximum absolute atomic E-state index is 12.2. The molecule has 0 aliphatic rings. The minimum Gasteiger partial charge on any atom is -0.321 e. The highest BCUT2D eigenvalue weighted by molar-refractivity contribution is 7.13. The maximum Gasteiger partial charge on any atom is 0.275 e. The SMILES string of the molecule is Cc1ccc(-c2nc(C(=O)Nc3cccc(Cl)c3)cs2)cc1. The molecule has 2 aromatic carbocycles. The highest BCUT2D eigenvalue weighted by atomic mass is 35.5. The number of anilines is 1. The van der Waals surface area contributed by atoms with Crippen LogP contribution in [0, 0.1) is 6.92 Å². The van der Waals surface area contributed by atoms with E-state index < -0.39 is 0 Å². The summed E-state index contributed by atoms with van der Waals surface area (Å²) in [7, 11) is 0. The van der Waals surface area contributed by atoms with E-state index in [1.54, 1.807) is 29.6 Å². The summed E-state index contributed by atoms with van der Waals surface area (Å²) in [6.45, 7) is 2.04. The van der Waals surface area contributed by atoms with Crippen LogP contribution in [0.2, 0.25) is 5.02 Å². The fraction of sp³-hybridized carbons (Fsp3) is 0.0588. The van der Waals surface area contributed by atoms with Gasteiger partial charge < -0.3 is 5.32 Å². The zero-order valence-corrected chi connectivity index (χ0v) is 13.4. The molecule has 22 heavy (non-hydrogen) atoms. The Kier molecular flexibility index (Phi) is 4.22. The van der Waals surface area contributed by atoms with Gasteiger partial charge in [-0.1, -0.05) is 47.5 Å². The number of nitrogens with one attached hydrogen (secondary N) is 1. The largest absolute Gasteiger partial charge is 0.321 e. The normalized spacial score (nSPS) is 10.5. The summed E-state index contributed by atoms with van der Waals surface area (Å²) in [5.41, 5.74) is 3.26. The predicted molar refractivity (Wildman–Crippen MR) is 91.7 cm³/mol. The number of rotatable bonds is 3. The minimum absolute atomic E-state index is 0.239. The molecule has 3 rings (SSSR count).